The van der Waals surface area contributed by atoms with Crippen LogP contribution in [0.4, 0.5) is 5.82 Å². The van der Waals surface area contributed by atoms with Crippen molar-refractivity contribution in [1.82, 2.24) is 4.98 Å². The first-order valence-corrected chi connectivity index (χ1v) is 6.88. The van der Waals surface area contributed by atoms with Crippen molar-refractivity contribution in [3.63, 3.8) is 0 Å². The number of methoxy groups -OCH3 is 1. The minimum atomic E-state index is -3.44. The Morgan fingerprint density at radius 1 is 1.50 bits per heavy atom. The molecule has 1 rings (SSSR count). The molecule has 0 amide bonds. The van der Waals surface area contributed by atoms with Crippen LogP contribution in [-0.4, -0.2) is 39.4 Å². The number of rotatable bonds is 5. The van der Waals surface area contributed by atoms with Crippen LogP contribution in [-0.2, 0) is 14.8 Å². The summed E-state index contributed by atoms with van der Waals surface area (Å²) in [5.41, 5.74) is 5.71. The van der Waals surface area contributed by atoms with E-state index in [1.807, 2.05) is 0 Å². The van der Waals surface area contributed by atoms with E-state index in [0.717, 1.165) is 0 Å². The number of aromatic nitrogens is 1. The molecular weight excluding hydrogens is 254 g/mol. The molecule has 0 aliphatic rings. The van der Waals surface area contributed by atoms with Crippen molar-refractivity contribution >= 4 is 15.8 Å². The van der Waals surface area contributed by atoms with Gasteiger partial charge >= 0.3 is 0 Å². The molecule has 0 saturated carbocycles. The number of anilines is 1. The van der Waals surface area contributed by atoms with Crippen molar-refractivity contribution in [2.45, 2.75) is 0 Å². The Balaban J connectivity index is 2.79. The van der Waals surface area contributed by atoms with Crippen LogP contribution >= 0.6 is 0 Å². The summed E-state index contributed by atoms with van der Waals surface area (Å²) >= 11 is 0. The Hall–Kier alpha value is -1.62. The molecule has 7 heteroatoms. The molecule has 0 aromatic carbocycles. The Kier molecular flexibility index (Phi) is 5.58. The van der Waals surface area contributed by atoms with Crippen molar-refractivity contribution < 1.29 is 13.2 Å². The highest BCUT2D eigenvalue weighted by atomic mass is 32.2. The summed E-state index contributed by atoms with van der Waals surface area (Å²) in [6.45, 7) is 0.355. The smallest absolute Gasteiger partial charge is 0.236 e. The number of hydrogen-bond acceptors (Lipinski definition) is 5. The number of nitrogens with zero attached hydrogens (tertiary/aromatic N) is 1. The third-order valence-corrected chi connectivity index (χ3v) is 3.11. The van der Waals surface area contributed by atoms with Crippen LogP contribution < -0.4 is 10.5 Å². The van der Waals surface area contributed by atoms with Crippen LogP contribution in [0.15, 0.2) is 18.2 Å². The van der Waals surface area contributed by atoms with Gasteiger partial charge in [-0.25, -0.2) is 13.4 Å². The van der Waals surface area contributed by atoms with Gasteiger partial charge in [-0.1, -0.05) is 12.0 Å². The lowest BCUT2D eigenvalue weighted by molar-refractivity contribution is 0.217. The first-order chi connectivity index (χ1) is 8.57. The summed E-state index contributed by atoms with van der Waals surface area (Å²) < 4.78 is 30.3. The van der Waals surface area contributed by atoms with E-state index < -0.39 is 10.0 Å². The van der Waals surface area contributed by atoms with Crippen molar-refractivity contribution in [3.05, 3.63) is 23.9 Å². The fourth-order valence-electron chi connectivity index (χ4n) is 1.11. The van der Waals surface area contributed by atoms with Gasteiger partial charge in [0.1, 0.15) is 11.5 Å². The van der Waals surface area contributed by atoms with Gasteiger partial charge in [0.15, 0.2) is 0 Å². The van der Waals surface area contributed by atoms with E-state index >= 15 is 0 Å². The summed E-state index contributed by atoms with van der Waals surface area (Å²) in [5.74, 6) is 5.49. The van der Waals surface area contributed by atoms with Gasteiger partial charge in [-0.05, 0) is 18.1 Å². The fourth-order valence-corrected chi connectivity index (χ4v) is 2.03. The molecule has 6 nitrogen and oxygen atoms in total. The molecule has 0 aliphatic heterocycles. The maximum Gasteiger partial charge on any atom is 0.236 e. The van der Waals surface area contributed by atoms with Crippen LogP contribution in [0.3, 0.4) is 0 Å². The Labute approximate surface area is 107 Å². The second-order valence-corrected chi connectivity index (χ2v) is 5.17. The fraction of sp³-hybridized carbons (Fsp3) is 0.364. The standard InChI is InChI=1S/C11H15N3O3S/c1-17-8-9-18(15,16)14-11-6-2-4-10(13-11)5-3-7-12/h2,4,6H,7-9,12H2,1H3,(H,13,14). The average molecular weight is 269 g/mol. The number of hydrogen-bond donors (Lipinski definition) is 2. The molecule has 3 N–H and O–H groups in total. The minimum Gasteiger partial charge on any atom is -0.384 e. The van der Waals surface area contributed by atoms with E-state index in [0.29, 0.717) is 5.69 Å². The summed E-state index contributed by atoms with van der Waals surface area (Å²) in [4.78, 5) is 4.04. The molecule has 0 bridgehead atoms. The van der Waals surface area contributed by atoms with Gasteiger partial charge in [0.05, 0.1) is 18.9 Å². The number of nitrogens with one attached hydrogen (secondary N) is 1. The molecule has 1 heterocycles. The molecule has 0 fully saturated rings. The SMILES string of the molecule is COCCS(=O)(=O)Nc1cccc(C#CCN)n1. The van der Waals surface area contributed by atoms with Crippen LogP contribution in [0.25, 0.3) is 0 Å². The van der Waals surface area contributed by atoms with E-state index in [2.05, 4.69) is 21.5 Å². The van der Waals surface area contributed by atoms with Gasteiger partial charge in [0.2, 0.25) is 10.0 Å². The highest BCUT2D eigenvalue weighted by Crippen LogP contribution is 2.06. The molecule has 0 radical (unpaired) electrons. The maximum absolute atomic E-state index is 11.6. The maximum atomic E-state index is 11.6. The second kappa shape index (κ2) is 6.96. The van der Waals surface area contributed by atoms with Crippen molar-refractivity contribution in [3.8, 4) is 11.8 Å². The van der Waals surface area contributed by atoms with Crippen LogP contribution in [0.2, 0.25) is 0 Å². The molecule has 1 aromatic rings. The summed E-state index contributed by atoms with van der Waals surface area (Å²) in [7, 11) is -2.00. The van der Waals surface area contributed by atoms with E-state index in [9.17, 15) is 8.42 Å². The molecule has 18 heavy (non-hydrogen) atoms. The second-order valence-electron chi connectivity index (χ2n) is 3.33. The van der Waals surface area contributed by atoms with Gasteiger partial charge < -0.3 is 10.5 Å². The number of sulfonamides is 1. The molecule has 1 aromatic heterocycles. The zero-order valence-electron chi connectivity index (χ0n) is 10.0. The van der Waals surface area contributed by atoms with Crippen molar-refractivity contribution in [1.29, 1.82) is 0 Å². The Bertz CT molecular complexity index is 546. The van der Waals surface area contributed by atoms with Gasteiger partial charge in [-0.3, -0.25) is 4.72 Å². The number of nitrogens with two attached hydrogens (primary N) is 1. The lowest BCUT2D eigenvalue weighted by atomic mass is 10.3. The largest absolute Gasteiger partial charge is 0.384 e. The van der Waals surface area contributed by atoms with Crippen LogP contribution in [0.5, 0.6) is 0 Å². The van der Waals surface area contributed by atoms with E-state index in [-0.39, 0.29) is 24.7 Å². The van der Waals surface area contributed by atoms with Crippen molar-refractivity contribution in [2.24, 2.45) is 5.73 Å². The number of pyridine rings is 1. The highest BCUT2D eigenvalue weighted by Gasteiger charge is 2.10. The van der Waals surface area contributed by atoms with E-state index in [1.54, 1.807) is 18.2 Å². The quantitative estimate of drug-likeness (QED) is 0.721. The Morgan fingerprint density at radius 2 is 2.28 bits per heavy atom. The molecule has 0 saturated heterocycles. The molecule has 98 valence electrons. The third-order valence-electron chi connectivity index (χ3n) is 1.88. The monoisotopic (exact) mass is 269 g/mol. The minimum absolute atomic E-state index is 0.121. The molecule has 0 aliphatic carbocycles. The third kappa shape index (κ3) is 5.14. The lowest BCUT2D eigenvalue weighted by Crippen LogP contribution is -2.20. The summed E-state index contributed by atoms with van der Waals surface area (Å²) in [6, 6.07) is 4.90. The highest BCUT2D eigenvalue weighted by molar-refractivity contribution is 7.92. The Morgan fingerprint density at radius 3 is 2.94 bits per heavy atom. The normalized spacial score (nSPS) is 10.6. The van der Waals surface area contributed by atoms with Gasteiger partial charge in [0.25, 0.3) is 0 Å². The van der Waals surface area contributed by atoms with Crippen LogP contribution in [0, 0.1) is 11.8 Å². The lowest BCUT2D eigenvalue weighted by Gasteiger charge is -2.06. The van der Waals surface area contributed by atoms with Gasteiger partial charge in [-0.2, -0.15) is 0 Å². The van der Waals surface area contributed by atoms with Crippen molar-refractivity contribution in [2.75, 3.05) is 30.7 Å². The first kappa shape index (κ1) is 14.4. The first-order valence-electron chi connectivity index (χ1n) is 5.23. The number of ether oxygens (including phenoxy) is 1. The molecule has 0 spiro atoms. The zero-order valence-corrected chi connectivity index (χ0v) is 10.8. The van der Waals surface area contributed by atoms with Gasteiger partial charge in [-0.15, -0.1) is 0 Å². The zero-order chi connectivity index (χ0) is 13.4. The summed E-state index contributed by atoms with van der Waals surface area (Å²) in [6.07, 6.45) is 0. The van der Waals surface area contributed by atoms with E-state index in [4.69, 9.17) is 10.5 Å². The molecular formula is C11H15N3O3S. The van der Waals surface area contributed by atoms with E-state index in [1.165, 1.54) is 7.11 Å². The predicted molar refractivity (Wildman–Crippen MR) is 69.5 cm³/mol. The molecule has 0 atom stereocenters. The molecule has 0 unspecified atom stereocenters. The van der Waals surface area contributed by atoms with Crippen LogP contribution in [0.1, 0.15) is 5.69 Å². The van der Waals surface area contributed by atoms with Gasteiger partial charge in [0, 0.05) is 7.11 Å². The average Bonchev–Trinajstić information content (AvgIpc) is 2.34. The predicted octanol–water partition coefficient (Wildman–Crippen LogP) is -0.220. The topological polar surface area (TPSA) is 94.3 Å². The summed E-state index contributed by atoms with van der Waals surface area (Å²) in [5, 5.41) is 0.